The van der Waals surface area contributed by atoms with Gasteiger partial charge in [-0.15, -0.1) is 0 Å². The van der Waals surface area contributed by atoms with E-state index in [1.807, 2.05) is 0 Å². The summed E-state index contributed by atoms with van der Waals surface area (Å²) in [5.41, 5.74) is 1.29. The molecule has 0 atom stereocenters. The average Bonchev–Trinajstić information content (AvgIpc) is 2.65. The third kappa shape index (κ3) is 4.61. The first-order valence-electron chi connectivity index (χ1n) is 7.65. The van der Waals surface area contributed by atoms with Gasteiger partial charge < -0.3 is 24.3 Å². The Labute approximate surface area is 157 Å². The van der Waals surface area contributed by atoms with E-state index in [2.05, 4.69) is 5.32 Å². The minimum absolute atomic E-state index is 0.306. The molecule has 0 bridgehead atoms. The Bertz CT molecular complexity index is 795. The number of nitrogens with one attached hydrogen (secondary N) is 1. The molecule has 7 heteroatoms. The first-order chi connectivity index (χ1) is 12.5. The minimum atomic E-state index is -0.306. The third-order valence-electron chi connectivity index (χ3n) is 3.53. The highest BCUT2D eigenvalue weighted by molar-refractivity contribution is 6.32. The van der Waals surface area contributed by atoms with E-state index in [9.17, 15) is 4.79 Å². The van der Waals surface area contributed by atoms with Gasteiger partial charge in [0.15, 0.2) is 11.5 Å². The fourth-order valence-electron chi connectivity index (χ4n) is 2.30. The summed E-state index contributed by atoms with van der Waals surface area (Å²) in [7, 11) is 6.12. The zero-order chi connectivity index (χ0) is 19.1. The lowest BCUT2D eigenvalue weighted by Gasteiger charge is -2.12. The fourth-order valence-corrected chi connectivity index (χ4v) is 2.56. The van der Waals surface area contributed by atoms with Crippen LogP contribution in [0.4, 0.5) is 5.69 Å². The zero-order valence-electron chi connectivity index (χ0n) is 15.0. The van der Waals surface area contributed by atoms with Crippen molar-refractivity contribution >= 4 is 29.3 Å². The molecule has 2 rings (SSSR count). The van der Waals surface area contributed by atoms with Gasteiger partial charge in [0.2, 0.25) is 11.7 Å². The number of hydrogen-bond donors (Lipinski definition) is 1. The smallest absolute Gasteiger partial charge is 0.248 e. The van der Waals surface area contributed by atoms with Gasteiger partial charge in [-0.2, -0.15) is 0 Å². The van der Waals surface area contributed by atoms with Crippen molar-refractivity contribution in [3.8, 4) is 23.0 Å². The van der Waals surface area contributed by atoms with Gasteiger partial charge in [0, 0.05) is 11.8 Å². The summed E-state index contributed by atoms with van der Waals surface area (Å²) >= 11 is 6.05. The van der Waals surface area contributed by atoms with Crippen LogP contribution in [0.1, 0.15) is 5.56 Å². The molecule has 0 aliphatic carbocycles. The maximum absolute atomic E-state index is 12.1. The lowest BCUT2D eigenvalue weighted by Crippen LogP contribution is -2.07. The Morgan fingerprint density at radius 2 is 1.54 bits per heavy atom. The maximum atomic E-state index is 12.1. The molecule has 0 radical (unpaired) electrons. The van der Waals surface area contributed by atoms with Crippen molar-refractivity contribution in [3.05, 3.63) is 47.0 Å². The summed E-state index contributed by atoms with van der Waals surface area (Å²) in [5.74, 6) is 1.74. The third-order valence-corrected chi connectivity index (χ3v) is 3.83. The van der Waals surface area contributed by atoms with Crippen LogP contribution in [0.2, 0.25) is 5.02 Å². The highest BCUT2D eigenvalue weighted by Gasteiger charge is 2.12. The van der Waals surface area contributed by atoms with Gasteiger partial charge in [0.25, 0.3) is 0 Å². The summed E-state index contributed by atoms with van der Waals surface area (Å²) in [6.45, 7) is 0. The molecular formula is C19H20ClNO5. The Morgan fingerprint density at radius 1 is 0.923 bits per heavy atom. The molecule has 0 aromatic heterocycles. The van der Waals surface area contributed by atoms with Gasteiger partial charge in [-0.1, -0.05) is 11.6 Å². The predicted molar refractivity (Wildman–Crippen MR) is 102 cm³/mol. The monoisotopic (exact) mass is 377 g/mol. The largest absolute Gasteiger partial charge is 0.495 e. The SMILES string of the molecule is COc1ccc(NC(=O)C=Cc2cc(OC)c(OC)c(OC)c2)cc1Cl. The van der Waals surface area contributed by atoms with Crippen molar-refractivity contribution in [2.45, 2.75) is 0 Å². The highest BCUT2D eigenvalue weighted by Crippen LogP contribution is 2.38. The van der Waals surface area contributed by atoms with Gasteiger partial charge in [-0.25, -0.2) is 0 Å². The van der Waals surface area contributed by atoms with Crippen molar-refractivity contribution in [3.63, 3.8) is 0 Å². The molecule has 0 heterocycles. The summed E-state index contributed by atoms with van der Waals surface area (Å²) < 4.78 is 20.9. The number of rotatable bonds is 7. The van der Waals surface area contributed by atoms with Crippen LogP contribution in [0.15, 0.2) is 36.4 Å². The van der Waals surface area contributed by atoms with Crippen LogP contribution < -0.4 is 24.3 Å². The van der Waals surface area contributed by atoms with Crippen LogP contribution in [0.5, 0.6) is 23.0 Å². The zero-order valence-corrected chi connectivity index (χ0v) is 15.7. The van der Waals surface area contributed by atoms with Crippen molar-refractivity contribution < 1.29 is 23.7 Å². The van der Waals surface area contributed by atoms with Crippen LogP contribution >= 0.6 is 11.6 Å². The van der Waals surface area contributed by atoms with Gasteiger partial charge >= 0.3 is 0 Å². The fraction of sp³-hybridized carbons (Fsp3) is 0.211. The molecular weight excluding hydrogens is 358 g/mol. The molecule has 0 fully saturated rings. The summed E-state index contributed by atoms with van der Waals surface area (Å²) in [5, 5.41) is 3.15. The summed E-state index contributed by atoms with van der Waals surface area (Å²) in [4.78, 5) is 12.1. The van der Waals surface area contributed by atoms with Crippen LogP contribution in [0.25, 0.3) is 6.08 Å². The van der Waals surface area contributed by atoms with Crippen molar-refractivity contribution in [2.75, 3.05) is 33.8 Å². The number of benzene rings is 2. The average molecular weight is 378 g/mol. The quantitative estimate of drug-likeness (QED) is 0.738. The number of hydrogen-bond acceptors (Lipinski definition) is 5. The number of halogens is 1. The minimum Gasteiger partial charge on any atom is -0.495 e. The van der Waals surface area contributed by atoms with Crippen LogP contribution in [-0.4, -0.2) is 34.3 Å². The molecule has 0 aliphatic rings. The van der Waals surface area contributed by atoms with E-state index in [1.54, 1.807) is 36.4 Å². The number of carbonyl (C=O) groups excluding carboxylic acids is 1. The number of ether oxygens (including phenoxy) is 4. The Morgan fingerprint density at radius 3 is 2.04 bits per heavy atom. The molecule has 0 aliphatic heterocycles. The standard InChI is InChI=1S/C19H20ClNO5/c1-23-15-7-6-13(11-14(15)20)21-18(22)8-5-12-9-16(24-2)19(26-4)17(10-12)25-3/h5-11H,1-4H3,(H,21,22). The highest BCUT2D eigenvalue weighted by atomic mass is 35.5. The second-order valence-electron chi connectivity index (χ2n) is 5.13. The van der Waals surface area contributed by atoms with Crippen LogP contribution in [0.3, 0.4) is 0 Å². The normalized spacial score (nSPS) is 10.5. The Balaban J connectivity index is 2.16. The molecule has 2 aromatic carbocycles. The van der Waals surface area contributed by atoms with Crippen LogP contribution in [-0.2, 0) is 4.79 Å². The Kier molecular flexibility index (Phi) is 6.74. The van der Waals surface area contributed by atoms with Crippen molar-refractivity contribution in [1.29, 1.82) is 0 Å². The van der Waals surface area contributed by atoms with E-state index in [0.29, 0.717) is 33.7 Å². The van der Waals surface area contributed by atoms with Crippen molar-refractivity contribution in [2.24, 2.45) is 0 Å². The molecule has 26 heavy (non-hydrogen) atoms. The molecule has 2 aromatic rings. The Hall–Kier alpha value is -2.86. The molecule has 1 N–H and O–H groups in total. The van der Waals surface area contributed by atoms with Crippen LogP contribution in [0, 0.1) is 0 Å². The summed E-state index contributed by atoms with van der Waals surface area (Å²) in [6, 6.07) is 8.49. The topological polar surface area (TPSA) is 66.0 Å². The first-order valence-corrected chi connectivity index (χ1v) is 8.02. The van der Waals surface area contributed by atoms with E-state index < -0.39 is 0 Å². The molecule has 0 saturated carbocycles. The van der Waals surface area contributed by atoms with E-state index in [-0.39, 0.29) is 5.91 Å². The summed E-state index contributed by atoms with van der Waals surface area (Å²) in [6.07, 6.45) is 3.05. The lowest BCUT2D eigenvalue weighted by molar-refractivity contribution is -0.111. The second kappa shape index (κ2) is 9.01. The second-order valence-corrected chi connectivity index (χ2v) is 5.54. The lowest BCUT2D eigenvalue weighted by atomic mass is 10.1. The van der Waals surface area contributed by atoms with Crippen molar-refractivity contribution in [1.82, 2.24) is 0 Å². The van der Waals surface area contributed by atoms with Gasteiger partial charge in [-0.05, 0) is 42.0 Å². The number of methoxy groups -OCH3 is 4. The number of anilines is 1. The molecule has 0 unspecified atom stereocenters. The molecule has 1 amide bonds. The van der Waals surface area contributed by atoms with E-state index in [1.165, 1.54) is 34.5 Å². The van der Waals surface area contributed by atoms with Gasteiger partial charge in [0.1, 0.15) is 5.75 Å². The maximum Gasteiger partial charge on any atom is 0.248 e. The predicted octanol–water partition coefficient (Wildman–Crippen LogP) is 4.03. The molecule has 6 nitrogen and oxygen atoms in total. The van der Waals surface area contributed by atoms with E-state index >= 15 is 0 Å². The van der Waals surface area contributed by atoms with Gasteiger partial charge in [-0.3, -0.25) is 4.79 Å². The number of carbonyl (C=O) groups is 1. The molecule has 138 valence electrons. The first kappa shape index (κ1) is 19.5. The molecule has 0 saturated heterocycles. The van der Waals surface area contributed by atoms with E-state index in [0.717, 1.165) is 5.56 Å². The van der Waals surface area contributed by atoms with E-state index in [4.69, 9.17) is 30.5 Å². The molecule has 0 spiro atoms. The number of amides is 1. The van der Waals surface area contributed by atoms with Gasteiger partial charge in [0.05, 0.1) is 33.5 Å².